The van der Waals surface area contributed by atoms with Crippen molar-refractivity contribution in [2.24, 2.45) is 17.8 Å². The summed E-state index contributed by atoms with van der Waals surface area (Å²) in [5, 5.41) is 10.6. The van der Waals surface area contributed by atoms with E-state index >= 15 is 0 Å². The van der Waals surface area contributed by atoms with Crippen molar-refractivity contribution in [3.8, 4) is 0 Å². The highest BCUT2D eigenvalue weighted by Gasteiger charge is 2.30. The number of ether oxygens (including phenoxy) is 4. The van der Waals surface area contributed by atoms with Crippen LogP contribution in [-0.4, -0.2) is 96.7 Å². The third-order valence-electron chi connectivity index (χ3n) is 18.6. The van der Waals surface area contributed by atoms with Gasteiger partial charge in [0.25, 0.3) is 0 Å². The number of carbonyl (C=O) groups is 4. The fourth-order valence-corrected chi connectivity index (χ4v) is 12.9. The highest BCUT2D eigenvalue weighted by Crippen LogP contribution is 2.45. The van der Waals surface area contributed by atoms with Crippen molar-refractivity contribution < 1.29 is 80.2 Å². The molecule has 0 aromatic rings. The standard InChI is InChI=1S/C78H148O17P2/c1-8-12-13-14-15-16-17-18-19-24-27-33-38-47-54-61-77(82)95-74(66-89-76(81)60-53-46-41-40-44-51-58-71(7)11-4)68-93-97(86,87)91-64-72(79)63-90-96(84,85)92-67-73(94-78(83)62-55-48-39-34-29-28-31-36-43-50-57-70(6)10-3)65-88-75(80)59-52-45-37-32-26-23-21-20-22-25-30-35-42-49-56-69(5)9-2/h16-19,69-74,79H,8-15,20-68H2,1-7H3,(H,84,85)(H,86,87)/b17-16-,19-18-/t69?,70?,71?,72-,73-,74-/m1/s1. The second-order valence-electron chi connectivity index (χ2n) is 28.1. The number of hydrogen-bond donors (Lipinski definition) is 3. The molecule has 0 saturated heterocycles. The van der Waals surface area contributed by atoms with Gasteiger partial charge in [-0.05, 0) is 69.1 Å². The minimum Gasteiger partial charge on any atom is -0.462 e. The molecular formula is C78H148O17P2. The van der Waals surface area contributed by atoms with E-state index in [4.69, 9.17) is 37.0 Å². The van der Waals surface area contributed by atoms with E-state index in [1.54, 1.807) is 0 Å². The van der Waals surface area contributed by atoms with Crippen LogP contribution in [-0.2, 0) is 65.4 Å². The first kappa shape index (κ1) is 94.5. The molecule has 0 radical (unpaired) electrons. The first-order chi connectivity index (χ1) is 46.8. The number of phosphoric acid groups is 2. The number of rotatable bonds is 74. The van der Waals surface area contributed by atoms with Gasteiger partial charge in [-0.15, -0.1) is 0 Å². The summed E-state index contributed by atoms with van der Waals surface area (Å²) in [5.41, 5.74) is 0. The number of allylic oxidation sites excluding steroid dienone is 4. The Labute approximate surface area is 592 Å². The molecule has 5 unspecified atom stereocenters. The predicted molar refractivity (Wildman–Crippen MR) is 395 cm³/mol. The molecule has 3 N–H and O–H groups in total. The summed E-state index contributed by atoms with van der Waals surface area (Å²) in [6.07, 6.45) is 57.6. The topological polar surface area (TPSA) is 237 Å². The highest BCUT2D eigenvalue weighted by atomic mass is 31.2. The van der Waals surface area contributed by atoms with E-state index in [9.17, 15) is 43.2 Å². The first-order valence-electron chi connectivity index (χ1n) is 39.8. The Kier molecular flexibility index (Phi) is 66.3. The normalized spacial score (nSPS) is 15.0. The molecule has 0 fully saturated rings. The van der Waals surface area contributed by atoms with Gasteiger partial charge in [0.05, 0.1) is 26.4 Å². The van der Waals surface area contributed by atoms with Gasteiger partial charge in [-0.3, -0.25) is 37.3 Å². The number of esters is 4. The Morgan fingerprint density at radius 2 is 0.577 bits per heavy atom. The second kappa shape index (κ2) is 68.0. The van der Waals surface area contributed by atoms with E-state index in [-0.39, 0.29) is 25.7 Å². The zero-order valence-electron chi connectivity index (χ0n) is 63.0. The third kappa shape index (κ3) is 67.8. The molecule has 0 aliphatic heterocycles. The van der Waals surface area contributed by atoms with Crippen LogP contribution in [0.25, 0.3) is 0 Å². The Hall–Kier alpha value is -2.46. The molecule has 97 heavy (non-hydrogen) atoms. The maximum atomic E-state index is 13.1. The molecular weight excluding hydrogens is 1270 g/mol. The van der Waals surface area contributed by atoms with Crippen LogP contribution in [0.15, 0.2) is 24.3 Å². The number of unbranched alkanes of at least 4 members (excludes halogenated alkanes) is 36. The molecule has 572 valence electrons. The second-order valence-corrected chi connectivity index (χ2v) is 31.0. The van der Waals surface area contributed by atoms with Gasteiger partial charge in [-0.25, -0.2) is 9.13 Å². The monoisotopic (exact) mass is 1420 g/mol. The fraction of sp³-hybridized carbons (Fsp3) is 0.897. The van der Waals surface area contributed by atoms with E-state index < -0.39 is 97.5 Å². The molecule has 17 nitrogen and oxygen atoms in total. The summed E-state index contributed by atoms with van der Waals surface area (Å²) in [6.45, 7) is 11.9. The zero-order chi connectivity index (χ0) is 71.6. The summed E-state index contributed by atoms with van der Waals surface area (Å²) in [4.78, 5) is 72.9. The summed E-state index contributed by atoms with van der Waals surface area (Å²) < 4.78 is 68.5. The highest BCUT2D eigenvalue weighted by molar-refractivity contribution is 7.47. The van der Waals surface area contributed by atoms with E-state index in [0.717, 1.165) is 127 Å². The molecule has 0 aliphatic carbocycles. The maximum Gasteiger partial charge on any atom is 0.472 e. The van der Waals surface area contributed by atoms with Gasteiger partial charge < -0.3 is 33.8 Å². The van der Waals surface area contributed by atoms with E-state index in [0.29, 0.717) is 25.7 Å². The van der Waals surface area contributed by atoms with Crippen molar-refractivity contribution in [3.05, 3.63) is 24.3 Å². The minimum absolute atomic E-state index is 0.0839. The quantitative estimate of drug-likeness (QED) is 0.0169. The van der Waals surface area contributed by atoms with Crippen LogP contribution in [0.3, 0.4) is 0 Å². The van der Waals surface area contributed by atoms with Crippen molar-refractivity contribution >= 4 is 39.5 Å². The Morgan fingerprint density at radius 3 is 0.866 bits per heavy atom. The smallest absolute Gasteiger partial charge is 0.462 e. The van der Waals surface area contributed by atoms with Crippen LogP contribution in [0.4, 0.5) is 0 Å². The van der Waals surface area contributed by atoms with Crippen molar-refractivity contribution in [1.29, 1.82) is 0 Å². The number of aliphatic hydroxyl groups is 1. The molecule has 19 heteroatoms. The fourth-order valence-electron chi connectivity index (χ4n) is 11.3. The van der Waals surface area contributed by atoms with Crippen LogP contribution in [0, 0.1) is 17.8 Å². The van der Waals surface area contributed by atoms with Gasteiger partial charge >= 0.3 is 39.5 Å². The zero-order valence-corrected chi connectivity index (χ0v) is 64.8. The van der Waals surface area contributed by atoms with Crippen molar-refractivity contribution in [3.63, 3.8) is 0 Å². The van der Waals surface area contributed by atoms with Gasteiger partial charge in [0.2, 0.25) is 0 Å². The maximum absolute atomic E-state index is 13.1. The van der Waals surface area contributed by atoms with Crippen molar-refractivity contribution in [2.75, 3.05) is 39.6 Å². The van der Waals surface area contributed by atoms with E-state index in [1.807, 2.05) is 0 Å². The largest absolute Gasteiger partial charge is 0.472 e. The van der Waals surface area contributed by atoms with Gasteiger partial charge in [-0.1, -0.05) is 323 Å². The SMILES string of the molecule is CCCCCC/C=C\C=C/CCCCCCCC(=O)O[C@H](COC(=O)CCCCCCCCC(C)CC)COP(=O)(O)OC[C@H](O)COP(=O)(O)OC[C@@H](COC(=O)CCCCCCCCCCCCCCCCC(C)CC)OC(=O)CCCCCCCCCCCCC(C)CC. The van der Waals surface area contributed by atoms with E-state index in [2.05, 4.69) is 72.8 Å². The van der Waals surface area contributed by atoms with Gasteiger partial charge in [0, 0.05) is 25.7 Å². The number of aliphatic hydroxyl groups excluding tert-OH is 1. The molecule has 0 aromatic carbocycles. The van der Waals surface area contributed by atoms with Crippen LogP contribution in [0.1, 0.15) is 376 Å². The summed E-state index contributed by atoms with van der Waals surface area (Å²) in [7, 11) is -9.93. The molecule has 0 spiro atoms. The number of carbonyl (C=O) groups excluding carboxylic acids is 4. The number of phosphoric ester groups is 2. The average molecular weight is 1420 g/mol. The molecule has 0 saturated carbocycles. The van der Waals surface area contributed by atoms with Crippen LogP contribution in [0.2, 0.25) is 0 Å². The van der Waals surface area contributed by atoms with Gasteiger partial charge in [0.1, 0.15) is 19.3 Å². The Balaban J connectivity index is 5.28. The lowest BCUT2D eigenvalue weighted by molar-refractivity contribution is -0.161. The van der Waals surface area contributed by atoms with Crippen LogP contribution >= 0.6 is 15.6 Å². The molecule has 0 rings (SSSR count). The molecule has 0 aliphatic rings. The summed E-state index contributed by atoms with van der Waals surface area (Å²) >= 11 is 0. The third-order valence-corrected chi connectivity index (χ3v) is 20.5. The van der Waals surface area contributed by atoms with Crippen molar-refractivity contribution in [2.45, 2.75) is 394 Å². The first-order valence-corrected chi connectivity index (χ1v) is 42.8. The summed E-state index contributed by atoms with van der Waals surface area (Å²) in [6, 6.07) is 0. The van der Waals surface area contributed by atoms with Crippen LogP contribution < -0.4 is 0 Å². The van der Waals surface area contributed by atoms with Gasteiger partial charge in [-0.2, -0.15) is 0 Å². The number of hydrogen-bond acceptors (Lipinski definition) is 15. The van der Waals surface area contributed by atoms with Gasteiger partial charge in [0.15, 0.2) is 12.2 Å². The van der Waals surface area contributed by atoms with E-state index in [1.165, 1.54) is 167 Å². The average Bonchev–Trinajstić information content (AvgIpc) is 3.02. The van der Waals surface area contributed by atoms with Crippen LogP contribution in [0.5, 0.6) is 0 Å². The summed E-state index contributed by atoms with van der Waals surface area (Å²) in [5.74, 6) is 0.230. The molecule has 0 heterocycles. The lowest BCUT2D eigenvalue weighted by atomic mass is 9.99. The lowest BCUT2D eigenvalue weighted by Crippen LogP contribution is -2.30. The molecule has 8 atom stereocenters. The Morgan fingerprint density at radius 1 is 0.330 bits per heavy atom. The minimum atomic E-state index is -4.97. The van der Waals surface area contributed by atoms with Crippen molar-refractivity contribution in [1.82, 2.24) is 0 Å². The lowest BCUT2D eigenvalue weighted by Gasteiger charge is -2.21. The molecule has 0 bridgehead atoms. The molecule has 0 amide bonds. The predicted octanol–water partition coefficient (Wildman–Crippen LogP) is 22.5. The Bertz CT molecular complexity index is 1990. The molecule has 0 aromatic heterocycles.